The van der Waals surface area contributed by atoms with Gasteiger partial charge in [0.2, 0.25) is 0 Å². The van der Waals surface area contributed by atoms with Crippen LogP contribution in [0.2, 0.25) is 0 Å². The second-order valence-electron chi connectivity index (χ2n) is 1.40. The molecule has 0 aliphatic rings. The Hall–Kier alpha value is -1.10. The molecule has 0 N–H and O–H groups in total. The van der Waals surface area contributed by atoms with Crippen LogP contribution in [0.1, 0.15) is 6.92 Å². The maximum atomic E-state index is 10.3. The summed E-state index contributed by atoms with van der Waals surface area (Å²) in [6, 6.07) is 0. The Labute approximate surface area is 57.8 Å². The number of carbonyl (C=O) groups excluding carboxylic acids is 2. The molecule has 5 heteroatoms. The molecule has 0 bridgehead atoms. The van der Waals surface area contributed by atoms with Crippen molar-refractivity contribution in [2.45, 2.75) is 6.92 Å². The normalized spacial score (nSPS) is 8.60. The Kier molecular flexibility index (Phi) is 4.23. The summed E-state index contributed by atoms with van der Waals surface area (Å²) in [4.78, 5) is 28.4. The van der Waals surface area contributed by atoms with Gasteiger partial charge < -0.3 is 4.74 Å². The van der Waals surface area contributed by atoms with Gasteiger partial charge in [0.15, 0.2) is 6.61 Å². The molecule has 0 aromatic rings. The number of hydrogen-bond acceptors (Lipinski definition) is 5. The molecule has 0 atom stereocenters. The minimum Gasteiger partial charge on any atom is -0.454 e. The average molecular weight is 148 g/mol. The zero-order valence-corrected chi connectivity index (χ0v) is 5.75. The highest BCUT2D eigenvalue weighted by molar-refractivity contribution is 5.74. The van der Waals surface area contributed by atoms with Crippen molar-refractivity contribution in [1.82, 2.24) is 0 Å². The molecule has 58 valence electrons. The third kappa shape index (κ3) is 5.04. The van der Waals surface area contributed by atoms with Crippen LogP contribution in [0, 0.1) is 0 Å². The van der Waals surface area contributed by atoms with Crippen molar-refractivity contribution in [3.05, 3.63) is 0 Å². The Bertz CT molecular complexity index is 130. The molecule has 0 radical (unpaired) electrons. The van der Waals surface area contributed by atoms with E-state index in [2.05, 4.69) is 14.5 Å². The number of carbonyl (C=O) groups is 2. The molecule has 0 saturated carbocycles. The van der Waals surface area contributed by atoms with Crippen molar-refractivity contribution in [3.8, 4) is 0 Å². The van der Waals surface area contributed by atoms with E-state index in [1.165, 1.54) is 14.0 Å². The van der Waals surface area contributed by atoms with E-state index in [1.54, 1.807) is 0 Å². The monoisotopic (exact) mass is 148 g/mol. The molecule has 0 spiro atoms. The molecule has 5 nitrogen and oxygen atoms in total. The van der Waals surface area contributed by atoms with Crippen LogP contribution in [0.15, 0.2) is 0 Å². The first-order valence-corrected chi connectivity index (χ1v) is 2.53. The summed E-state index contributed by atoms with van der Waals surface area (Å²) in [5.41, 5.74) is 0. The predicted octanol–water partition coefficient (Wildman–Crippen LogP) is -0.346. The summed E-state index contributed by atoms with van der Waals surface area (Å²) < 4.78 is 4.26. The molecule has 10 heavy (non-hydrogen) atoms. The van der Waals surface area contributed by atoms with Crippen LogP contribution in [0.5, 0.6) is 0 Å². The summed E-state index contributed by atoms with van der Waals surface area (Å²) in [5, 5.41) is 0. The van der Waals surface area contributed by atoms with Crippen molar-refractivity contribution in [1.29, 1.82) is 0 Å². The molecule has 0 aromatic carbocycles. The predicted molar refractivity (Wildman–Crippen MR) is 29.7 cm³/mol. The van der Waals surface area contributed by atoms with Crippen molar-refractivity contribution in [2.75, 3.05) is 13.7 Å². The number of ether oxygens (including phenoxy) is 1. The van der Waals surface area contributed by atoms with Crippen LogP contribution in [0.4, 0.5) is 0 Å². The summed E-state index contributed by atoms with van der Waals surface area (Å²) in [7, 11) is 1.19. The van der Waals surface area contributed by atoms with Gasteiger partial charge in [-0.3, -0.25) is 9.68 Å². The van der Waals surface area contributed by atoms with E-state index >= 15 is 0 Å². The fourth-order valence-corrected chi connectivity index (χ4v) is 0.278. The van der Waals surface area contributed by atoms with E-state index in [1.807, 2.05) is 0 Å². The first-order chi connectivity index (χ1) is 4.66. The highest BCUT2D eigenvalue weighted by Gasteiger charge is 2.03. The van der Waals surface area contributed by atoms with E-state index in [0.717, 1.165) is 0 Å². The van der Waals surface area contributed by atoms with Crippen LogP contribution in [-0.2, 0) is 24.1 Å². The van der Waals surface area contributed by atoms with Crippen molar-refractivity contribution in [2.24, 2.45) is 0 Å². The van der Waals surface area contributed by atoms with Crippen LogP contribution in [0.3, 0.4) is 0 Å². The molecule has 0 amide bonds. The van der Waals surface area contributed by atoms with E-state index in [9.17, 15) is 9.59 Å². The van der Waals surface area contributed by atoms with Gasteiger partial charge in [-0.15, -0.1) is 0 Å². The van der Waals surface area contributed by atoms with Crippen molar-refractivity contribution in [3.63, 3.8) is 0 Å². The Balaban J connectivity index is 3.30. The minimum atomic E-state index is -0.738. The molecular weight excluding hydrogens is 140 g/mol. The van der Waals surface area contributed by atoms with Gasteiger partial charge in [0.25, 0.3) is 0 Å². The highest BCUT2D eigenvalue weighted by Crippen LogP contribution is 1.81. The topological polar surface area (TPSA) is 61.8 Å². The fourth-order valence-electron chi connectivity index (χ4n) is 0.278. The van der Waals surface area contributed by atoms with Crippen molar-refractivity contribution >= 4 is 11.9 Å². The second kappa shape index (κ2) is 4.75. The van der Waals surface area contributed by atoms with Gasteiger partial charge in [-0.1, -0.05) is 0 Å². The molecule has 0 heterocycles. The molecule has 0 aliphatic carbocycles. The molecule has 0 fully saturated rings. The van der Waals surface area contributed by atoms with Gasteiger partial charge in [-0.25, -0.2) is 4.79 Å². The van der Waals surface area contributed by atoms with Crippen LogP contribution < -0.4 is 0 Å². The zero-order valence-electron chi connectivity index (χ0n) is 5.75. The lowest BCUT2D eigenvalue weighted by molar-refractivity contribution is -0.257. The van der Waals surface area contributed by atoms with Gasteiger partial charge >= 0.3 is 11.9 Å². The van der Waals surface area contributed by atoms with Gasteiger partial charge in [0.1, 0.15) is 0 Å². The molecule has 0 aromatic heterocycles. The molecule has 0 aliphatic heterocycles. The molecule has 0 unspecified atom stereocenters. The third-order valence-electron chi connectivity index (χ3n) is 0.570. The van der Waals surface area contributed by atoms with Crippen LogP contribution in [0.25, 0.3) is 0 Å². The lowest BCUT2D eigenvalue weighted by atomic mass is 10.7. The first kappa shape index (κ1) is 8.90. The van der Waals surface area contributed by atoms with Gasteiger partial charge in [0.05, 0.1) is 7.11 Å². The Morgan fingerprint density at radius 1 is 1.40 bits per heavy atom. The summed E-state index contributed by atoms with van der Waals surface area (Å²) in [6.45, 7) is 0.781. The quantitative estimate of drug-likeness (QED) is 0.311. The van der Waals surface area contributed by atoms with Crippen LogP contribution in [-0.4, -0.2) is 25.7 Å². The van der Waals surface area contributed by atoms with Gasteiger partial charge in [-0.05, 0) is 0 Å². The van der Waals surface area contributed by atoms with E-state index in [4.69, 9.17) is 0 Å². The molecular formula is C5H8O5. The van der Waals surface area contributed by atoms with Gasteiger partial charge in [0, 0.05) is 6.92 Å². The smallest absolute Gasteiger partial charge is 0.379 e. The minimum absolute atomic E-state index is 0.414. The fraction of sp³-hybridized carbons (Fsp3) is 0.600. The van der Waals surface area contributed by atoms with Crippen LogP contribution >= 0.6 is 0 Å². The maximum Gasteiger partial charge on any atom is 0.379 e. The SMILES string of the molecule is COOC(=O)COC(C)=O. The van der Waals surface area contributed by atoms with E-state index in [-0.39, 0.29) is 0 Å². The molecule has 0 saturated heterocycles. The zero-order chi connectivity index (χ0) is 7.98. The Morgan fingerprint density at radius 2 is 2.00 bits per heavy atom. The first-order valence-electron chi connectivity index (χ1n) is 2.53. The lowest BCUT2D eigenvalue weighted by Gasteiger charge is -1.98. The Morgan fingerprint density at radius 3 is 2.40 bits per heavy atom. The van der Waals surface area contributed by atoms with Gasteiger partial charge in [-0.2, -0.15) is 4.89 Å². The van der Waals surface area contributed by atoms with Crippen molar-refractivity contribution < 1.29 is 24.1 Å². The summed E-state index contributed by atoms with van der Waals surface area (Å²) in [5.74, 6) is -1.27. The highest BCUT2D eigenvalue weighted by atomic mass is 17.2. The lowest BCUT2D eigenvalue weighted by Crippen LogP contribution is -2.14. The standard InChI is InChI=1S/C5H8O5/c1-4(6)9-3-5(7)10-8-2/h3H2,1-2H3. The maximum absolute atomic E-state index is 10.3. The molecule has 0 rings (SSSR count). The number of hydrogen-bond donors (Lipinski definition) is 0. The van der Waals surface area contributed by atoms with E-state index < -0.39 is 18.5 Å². The summed E-state index contributed by atoms with van der Waals surface area (Å²) >= 11 is 0. The number of esters is 1. The number of rotatable bonds is 3. The summed E-state index contributed by atoms with van der Waals surface area (Å²) in [6.07, 6.45) is 0. The third-order valence-corrected chi connectivity index (χ3v) is 0.570. The largest absolute Gasteiger partial charge is 0.454 e. The second-order valence-corrected chi connectivity index (χ2v) is 1.40. The average Bonchev–Trinajstić information content (AvgIpc) is 1.85. The van der Waals surface area contributed by atoms with E-state index in [0.29, 0.717) is 0 Å².